The van der Waals surface area contributed by atoms with Gasteiger partial charge in [0.25, 0.3) is 11.7 Å². The summed E-state index contributed by atoms with van der Waals surface area (Å²) in [5.74, 6) is -2.03. The number of hydrogen-bond acceptors (Lipinski definition) is 4. The molecule has 3 rings (SSSR count). The molecule has 1 N–H and O–H groups in total. The number of ketones is 1. The van der Waals surface area contributed by atoms with Gasteiger partial charge >= 0.3 is 0 Å². The second-order valence-electron chi connectivity index (χ2n) is 5.51. The number of nitrogens with zero attached hydrogens (tertiary/aromatic N) is 1. The third-order valence-electron chi connectivity index (χ3n) is 3.93. The summed E-state index contributed by atoms with van der Waals surface area (Å²) in [5, 5.41) is 12.5. The molecule has 124 valence electrons. The maximum absolute atomic E-state index is 13.1. The molecular formula is C18H16FNO3S. The smallest absolute Gasteiger partial charge is 0.295 e. The number of Topliss-reactive ketones (excluding diaryl/α,β-unsaturated/α-hetero) is 1. The number of carbonyl (C=O) groups is 2. The fourth-order valence-corrected chi connectivity index (χ4v) is 3.70. The van der Waals surface area contributed by atoms with Gasteiger partial charge in [0, 0.05) is 17.0 Å². The van der Waals surface area contributed by atoms with Gasteiger partial charge < -0.3 is 10.0 Å². The molecule has 0 aliphatic carbocycles. The molecule has 1 unspecified atom stereocenters. The SMILES string of the molecule is CCCN1C(=O)C(=O)/C(=C(\O)c2ccc(F)cc2)C1c1cccs1. The summed E-state index contributed by atoms with van der Waals surface area (Å²) >= 11 is 1.42. The van der Waals surface area contributed by atoms with Gasteiger partial charge in [0.15, 0.2) is 0 Å². The minimum absolute atomic E-state index is 0.0579. The van der Waals surface area contributed by atoms with E-state index in [0.717, 1.165) is 4.88 Å². The van der Waals surface area contributed by atoms with Crippen LogP contribution in [0.5, 0.6) is 0 Å². The average molecular weight is 345 g/mol. The van der Waals surface area contributed by atoms with Gasteiger partial charge in [0.2, 0.25) is 0 Å². The first kappa shape index (κ1) is 16.4. The third kappa shape index (κ3) is 2.73. The first-order chi connectivity index (χ1) is 11.5. The minimum atomic E-state index is -0.705. The number of aliphatic hydroxyl groups is 1. The van der Waals surface area contributed by atoms with Crippen molar-refractivity contribution in [2.75, 3.05) is 6.54 Å². The molecule has 0 saturated carbocycles. The predicted octanol–water partition coefficient (Wildman–Crippen LogP) is 3.72. The van der Waals surface area contributed by atoms with Gasteiger partial charge in [0.05, 0.1) is 11.6 Å². The fourth-order valence-electron chi connectivity index (χ4n) is 2.86. The molecule has 1 fully saturated rings. The lowest BCUT2D eigenvalue weighted by Crippen LogP contribution is -2.30. The molecule has 1 aromatic heterocycles. The molecule has 0 spiro atoms. The van der Waals surface area contributed by atoms with Gasteiger partial charge in [-0.3, -0.25) is 9.59 Å². The summed E-state index contributed by atoms with van der Waals surface area (Å²) in [5.41, 5.74) is 0.370. The van der Waals surface area contributed by atoms with Crippen LogP contribution in [-0.4, -0.2) is 28.2 Å². The van der Waals surface area contributed by atoms with E-state index in [1.165, 1.54) is 40.5 Å². The highest BCUT2D eigenvalue weighted by Gasteiger charge is 2.46. The highest BCUT2D eigenvalue weighted by atomic mass is 32.1. The zero-order chi connectivity index (χ0) is 17.3. The zero-order valence-electron chi connectivity index (χ0n) is 13.0. The van der Waals surface area contributed by atoms with Crippen molar-refractivity contribution in [2.24, 2.45) is 0 Å². The molecule has 1 aliphatic heterocycles. The Hall–Kier alpha value is -2.47. The number of thiophene rings is 1. The molecule has 1 atom stereocenters. The number of benzene rings is 1. The number of hydrogen-bond donors (Lipinski definition) is 1. The van der Waals surface area contributed by atoms with Gasteiger partial charge in [-0.05, 0) is 42.1 Å². The van der Waals surface area contributed by atoms with Crippen LogP contribution in [0.1, 0.15) is 29.8 Å². The van der Waals surface area contributed by atoms with Crippen molar-refractivity contribution >= 4 is 28.8 Å². The minimum Gasteiger partial charge on any atom is -0.507 e. The van der Waals surface area contributed by atoms with Gasteiger partial charge in [-0.2, -0.15) is 0 Å². The highest BCUT2D eigenvalue weighted by Crippen LogP contribution is 2.40. The average Bonchev–Trinajstić information content (AvgIpc) is 3.18. The Kier molecular flexibility index (Phi) is 4.49. The van der Waals surface area contributed by atoms with Crippen LogP contribution < -0.4 is 0 Å². The first-order valence-electron chi connectivity index (χ1n) is 7.62. The summed E-state index contributed by atoms with van der Waals surface area (Å²) in [6.07, 6.45) is 0.700. The van der Waals surface area contributed by atoms with E-state index >= 15 is 0 Å². The molecule has 1 aromatic carbocycles. The van der Waals surface area contributed by atoms with E-state index in [9.17, 15) is 19.1 Å². The van der Waals surface area contributed by atoms with Gasteiger partial charge in [-0.25, -0.2) is 4.39 Å². The van der Waals surface area contributed by atoms with E-state index in [4.69, 9.17) is 0 Å². The Balaban J connectivity index is 2.15. The molecule has 1 aliphatic rings. The quantitative estimate of drug-likeness (QED) is 0.522. The van der Waals surface area contributed by atoms with E-state index < -0.39 is 23.5 Å². The van der Waals surface area contributed by atoms with E-state index in [0.29, 0.717) is 18.5 Å². The number of likely N-dealkylation sites (tertiary alicyclic amines) is 1. The molecule has 0 radical (unpaired) electrons. The van der Waals surface area contributed by atoms with Crippen molar-refractivity contribution in [1.29, 1.82) is 0 Å². The predicted molar refractivity (Wildman–Crippen MR) is 90.0 cm³/mol. The normalized spacial score (nSPS) is 19.9. The second-order valence-corrected chi connectivity index (χ2v) is 6.49. The number of carbonyl (C=O) groups excluding carboxylic acids is 2. The molecule has 1 saturated heterocycles. The van der Waals surface area contributed by atoms with Gasteiger partial charge in [-0.1, -0.05) is 13.0 Å². The second kappa shape index (κ2) is 6.57. The Bertz CT molecular complexity index is 796. The molecule has 2 aromatic rings. The Morgan fingerprint density at radius 1 is 1.25 bits per heavy atom. The van der Waals surface area contributed by atoms with Crippen molar-refractivity contribution in [3.8, 4) is 0 Å². The van der Waals surface area contributed by atoms with Crippen LogP contribution in [-0.2, 0) is 9.59 Å². The highest BCUT2D eigenvalue weighted by molar-refractivity contribution is 7.10. The number of halogens is 1. The van der Waals surface area contributed by atoms with Crippen molar-refractivity contribution in [1.82, 2.24) is 4.90 Å². The Labute approximate surface area is 142 Å². The van der Waals surface area contributed by atoms with Crippen molar-refractivity contribution < 1.29 is 19.1 Å². The largest absolute Gasteiger partial charge is 0.507 e. The zero-order valence-corrected chi connectivity index (χ0v) is 13.8. The summed E-state index contributed by atoms with van der Waals surface area (Å²) in [6, 6.07) is 8.27. The maximum Gasteiger partial charge on any atom is 0.295 e. The summed E-state index contributed by atoms with van der Waals surface area (Å²) in [6.45, 7) is 2.35. The van der Waals surface area contributed by atoms with Gasteiger partial charge in [-0.15, -0.1) is 11.3 Å². The van der Waals surface area contributed by atoms with Crippen LogP contribution in [0.2, 0.25) is 0 Å². The topological polar surface area (TPSA) is 57.6 Å². The van der Waals surface area contributed by atoms with E-state index in [1.807, 2.05) is 24.4 Å². The standard InChI is InChI=1S/C18H16FNO3S/c1-2-9-20-15(13-4-3-10-24-13)14(17(22)18(20)23)16(21)11-5-7-12(19)8-6-11/h3-8,10,15,21H,2,9H2,1H3/b16-14-. The lowest BCUT2D eigenvalue weighted by atomic mass is 10.00. The van der Waals surface area contributed by atoms with Gasteiger partial charge in [0.1, 0.15) is 11.6 Å². The first-order valence-corrected chi connectivity index (χ1v) is 8.50. The summed E-state index contributed by atoms with van der Waals surface area (Å²) < 4.78 is 13.1. The third-order valence-corrected chi connectivity index (χ3v) is 4.86. The van der Waals surface area contributed by atoms with Crippen molar-refractivity contribution in [2.45, 2.75) is 19.4 Å². The molecule has 1 amide bonds. The molecular weight excluding hydrogens is 329 g/mol. The summed E-state index contributed by atoms with van der Waals surface area (Å²) in [7, 11) is 0. The van der Waals surface area contributed by atoms with Crippen LogP contribution in [0.3, 0.4) is 0 Å². The van der Waals surface area contributed by atoms with Crippen LogP contribution in [0.15, 0.2) is 47.4 Å². The lowest BCUT2D eigenvalue weighted by Gasteiger charge is -2.23. The maximum atomic E-state index is 13.1. The monoisotopic (exact) mass is 345 g/mol. The van der Waals surface area contributed by atoms with Crippen LogP contribution >= 0.6 is 11.3 Å². The van der Waals surface area contributed by atoms with Crippen LogP contribution in [0, 0.1) is 5.82 Å². The fraction of sp³-hybridized carbons (Fsp3) is 0.222. The molecule has 0 bridgehead atoms. The number of amides is 1. The molecule has 6 heteroatoms. The molecule has 24 heavy (non-hydrogen) atoms. The summed E-state index contributed by atoms with van der Waals surface area (Å²) in [4.78, 5) is 27.2. The Morgan fingerprint density at radius 2 is 1.96 bits per heavy atom. The molecule has 4 nitrogen and oxygen atoms in total. The number of rotatable bonds is 4. The van der Waals surface area contributed by atoms with Crippen molar-refractivity contribution in [3.05, 3.63) is 63.6 Å². The van der Waals surface area contributed by atoms with E-state index in [1.54, 1.807) is 0 Å². The number of aliphatic hydroxyl groups excluding tert-OH is 1. The van der Waals surface area contributed by atoms with Crippen LogP contribution in [0.4, 0.5) is 4.39 Å². The lowest BCUT2D eigenvalue weighted by molar-refractivity contribution is -0.139. The molecule has 2 heterocycles. The Morgan fingerprint density at radius 3 is 2.54 bits per heavy atom. The van der Waals surface area contributed by atoms with Crippen molar-refractivity contribution in [3.63, 3.8) is 0 Å². The van der Waals surface area contributed by atoms with E-state index in [-0.39, 0.29) is 11.3 Å². The van der Waals surface area contributed by atoms with Crippen LogP contribution in [0.25, 0.3) is 5.76 Å². The van der Waals surface area contributed by atoms with E-state index in [2.05, 4.69) is 0 Å².